The number of phosphoric ester groups is 1. The predicted molar refractivity (Wildman–Crippen MR) is 63.8 cm³/mol. The minimum absolute atomic E-state index is 0.105. The smallest absolute Gasteiger partial charge is 0.472 e. The van der Waals surface area contributed by atoms with Crippen LogP contribution < -0.4 is 0 Å². The van der Waals surface area contributed by atoms with Crippen LogP contribution in [0.5, 0.6) is 0 Å². The Balaban J connectivity index is 4.24. The van der Waals surface area contributed by atoms with E-state index in [1.165, 1.54) is 0 Å². The third-order valence-corrected chi connectivity index (χ3v) is 2.93. The lowest BCUT2D eigenvalue weighted by Crippen LogP contribution is -2.28. The lowest BCUT2D eigenvalue weighted by atomic mass is 10.0. The molecule has 108 valence electrons. The number of carboxylic acid groups (broad SMARTS) is 1. The predicted octanol–water partition coefficient (Wildman–Crippen LogP) is 1.74. The first-order chi connectivity index (χ1) is 8.30. The maximum absolute atomic E-state index is 10.7. The standard InChI is InChI=1S/C10H21O7P/c1-3-5-6-8(4-2)7-16-10(9(11)12)17-18(13,14)15/h8,10H,3-7H2,1-2H3,(H,11,12)(H2,13,14,15). The molecule has 0 bridgehead atoms. The van der Waals surface area contributed by atoms with Gasteiger partial charge in [-0.1, -0.05) is 33.1 Å². The number of hydrogen-bond acceptors (Lipinski definition) is 4. The highest BCUT2D eigenvalue weighted by atomic mass is 31.2. The average Bonchev–Trinajstić information content (AvgIpc) is 2.25. The molecule has 0 radical (unpaired) electrons. The van der Waals surface area contributed by atoms with Gasteiger partial charge in [-0.15, -0.1) is 0 Å². The van der Waals surface area contributed by atoms with Gasteiger partial charge in [0.25, 0.3) is 6.29 Å². The van der Waals surface area contributed by atoms with Crippen LogP contribution in [-0.2, 0) is 18.6 Å². The molecule has 3 N–H and O–H groups in total. The number of ether oxygens (including phenoxy) is 1. The van der Waals surface area contributed by atoms with E-state index in [9.17, 15) is 9.36 Å². The Kier molecular flexibility index (Phi) is 8.39. The zero-order valence-electron chi connectivity index (χ0n) is 10.6. The van der Waals surface area contributed by atoms with Crippen molar-refractivity contribution in [3.05, 3.63) is 0 Å². The molecular weight excluding hydrogens is 263 g/mol. The van der Waals surface area contributed by atoms with Crippen molar-refractivity contribution in [3.8, 4) is 0 Å². The summed E-state index contributed by atoms with van der Waals surface area (Å²) in [6.07, 6.45) is 1.79. The Hall–Kier alpha value is -0.460. The molecule has 0 saturated carbocycles. The van der Waals surface area contributed by atoms with Gasteiger partial charge in [-0.25, -0.2) is 13.9 Å². The molecule has 2 atom stereocenters. The van der Waals surface area contributed by atoms with Gasteiger partial charge in [0.2, 0.25) is 0 Å². The van der Waals surface area contributed by atoms with Gasteiger partial charge in [-0.3, -0.25) is 0 Å². The quantitative estimate of drug-likeness (QED) is 0.413. The van der Waals surface area contributed by atoms with Crippen LogP contribution in [0, 0.1) is 5.92 Å². The maximum Gasteiger partial charge on any atom is 0.472 e. The van der Waals surface area contributed by atoms with Crippen molar-refractivity contribution >= 4 is 13.8 Å². The van der Waals surface area contributed by atoms with E-state index in [0.717, 1.165) is 25.7 Å². The lowest BCUT2D eigenvalue weighted by molar-refractivity contribution is -0.176. The van der Waals surface area contributed by atoms with Crippen molar-refractivity contribution < 1.29 is 33.5 Å². The Morgan fingerprint density at radius 1 is 1.33 bits per heavy atom. The van der Waals surface area contributed by atoms with Gasteiger partial charge < -0.3 is 19.6 Å². The van der Waals surface area contributed by atoms with Crippen molar-refractivity contribution in [3.63, 3.8) is 0 Å². The minimum Gasteiger partial charge on any atom is -0.477 e. The molecule has 0 saturated heterocycles. The van der Waals surface area contributed by atoms with Crippen LogP contribution in [-0.4, -0.2) is 33.8 Å². The van der Waals surface area contributed by atoms with Gasteiger partial charge in [-0.05, 0) is 12.3 Å². The summed E-state index contributed by atoms with van der Waals surface area (Å²) in [5.74, 6) is -1.39. The SMILES string of the molecule is CCCCC(CC)COC(OP(=O)(O)O)C(=O)O. The van der Waals surface area contributed by atoms with E-state index in [0.29, 0.717) is 0 Å². The van der Waals surface area contributed by atoms with E-state index >= 15 is 0 Å². The molecule has 0 heterocycles. The van der Waals surface area contributed by atoms with E-state index in [-0.39, 0.29) is 12.5 Å². The molecule has 0 aliphatic heterocycles. The Morgan fingerprint density at radius 3 is 2.33 bits per heavy atom. The number of carboxylic acids is 1. The summed E-state index contributed by atoms with van der Waals surface area (Å²) in [4.78, 5) is 27.8. The zero-order chi connectivity index (χ0) is 14.2. The van der Waals surface area contributed by atoms with Gasteiger partial charge in [0.15, 0.2) is 0 Å². The molecule has 0 amide bonds. The van der Waals surface area contributed by atoms with E-state index in [1.807, 2.05) is 13.8 Å². The van der Waals surface area contributed by atoms with Crippen molar-refractivity contribution in [2.24, 2.45) is 5.92 Å². The van der Waals surface area contributed by atoms with Crippen LogP contribution in [0.4, 0.5) is 0 Å². The van der Waals surface area contributed by atoms with Gasteiger partial charge >= 0.3 is 13.8 Å². The molecule has 18 heavy (non-hydrogen) atoms. The minimum atomic E-state index is -4.87. The molecule has 0 fully saturated rings. The summed E-state index contributed by atoms with van der Waals surface area (Å²) in [5, 5.41) is 8.70. The average molecular weight is 284 g/mol. The molecule has 0 rings (SSSR count). The summed E-state index contributed by atoms with van der Waals surface area (Å²) in [6.45, 7) is 4.10. The number of hydrogen-bond donors (Lipinski definition) is 3. The molecule has 8 heteroatoms. The fourth-order valence-electron chi connectivity index (χ4n) is 1.39. The van der Waals surface area contributed by atoms with E-state index in [1.54, 1.807) is 0 Å². The van der Waals surface area contributed by atoms with Crippen LogP contribution in [0.2, 0.25) is 0 Å². The van der Waals surface area contributed by atoms with Crippen LogP contribution in [0.1, 0.15) is 39.5 Å². The highest BCUT2D eigenvalue weighted by molar-refractivity contribution is 7.46. The van der Waals surface area contributed by atoms with Gasteiger partial charge in [-0.2, -0.15) is 0 Å². The number of rotatable bonds is 10. The molecule has 0 spiro atoms. The van der Waals surface area contributed by atoms with Crippen LogP contribution in [0.3, 0.4) is 0 Å². The van der Waals surface area contributed by atoms with Gasteiger partial charge in [0.1, 0.15) is 0 Å². The zero-order valence-corrected chi connectivity index (χ0v) is 11.5. The molecule has 0 aromatic rings. The molecular formula is C10H21O7P. The van der Waals surface area contributed by atoms with Crippen LogP contribution in [0.15, 0.2) is 0 Å². The Labute approximate surface area is 106 Å². The normalized spacial score (nSPS) is 15.3. The third-order valence-electron chi connectivity index (χ3n) is 2.46. The van der Waals surface area contributed by atoms with Crippen LogP contribution >= 0.6 is 7.82 Å². The molecule has 7 nitrogen and oxygen atoms in total. The summed E-state index contributed by atoms with van der Waals surface area (Å²) in [6, 6.07) is 0. The first-order valence-electron chi connectivity index (χ1n) is 5.88. The van der Waals surface area contributed by atoms with Crippen molar-refractivity contribution in [2.45, 2.75) is 45.8 Å². The largest absolute Gasteiger partial charge is 0.477 e. The highest BCUT2D eigenvalue weighted by Crippen LogP contribution is 2.38. The Bertz CT molecular complexity index is 288. The maximum atomic E-state index is 10.7. The second-order valence-electron chi connectivity index (χ2n) is 4.02. The summed E-state index contributed by atoms with van der Waals surface area (Å²) >= 11 is 0. The number of phosphoric acid groups is 1. The van der Waals surface area contributed by atoms with E-state index in [2.05, 4.69) is 4.52 Å². The first kappa shape index (κ1) is 17.5. The van der Waals surface area contributed by atoms with Crippen molar-refractivity contribution in [2.75, 3.05) is 6.61 Å². The third kappa shape index (κ3) is 8.60. The molecule has 2 unspecified atom stereocenters. The molecule has 0 aliphatic rings. The van der Waals surface area contributed by atoms with Gasteiger partial charge in [0.05, 0.1) is 6.61 Å². The van der Waals surface area contributed by atoms with Crippen molar-refractivity contribution in [1.82, 2.24) is 0 Å². The fourth-order valence-corrected chi connectivity index (χ4v) is 1.79. The van der Waals surface area contributed by atoms with E-state index in [4.69, 9.17) is 19.6 Å². The van der Waals surface area contributed by atoms with Gasteiger partial charge in [0, 0.05) is 0 Å². The first-order valence-corrected chi connectivity index (χ1v) is 7.41. The second kappa shape index (κ2) is 8.61. The number of unbranched alkanes of at least 4 members (excludes halogenated alkanes) is 1. The van der Waals surface area contributed by atoms with Crippen LogP contribution in [0.25, 0.3) is 0 Å². The monoisotopic (exact) mass is 284 g/mol. The Morgan fingerprint density at radius 2 is 1.94 bits per heavy atom. The number of aliphatic carboxylic acids is 1. The number of carbonyl (C=O) groups is 1. The summed E-state index contributed by atoms with van der Waals surface area (Å²) in [5.41, 5.74) is 0. The summed E-state index contributed by atoms with van der Waals surface area (Å²) < 4.78 is 19.5. The molecule has 0 aliphatic carbocycles. The fraction of sp³-hybridized carbons (Fsp3) is 0.900. The summed E-state index contributed by atoms with van der Waals surface area (Å²) in [7, 11) is -4.87. The van der Waals surface area contributed by atoms with Crippen molar-refractivity contribution in [1.29, 1.82) is 0 Å². The molecule has 0 aromatic carbocycles. The molecule has 0 aromatic heterocycles. The second-order valence-corrected chi connectivity index (χ2v) is 5.21. The highest BCUT2D eigenvalue weighted by Gasteiger charge is 2.29. The lowest BCUT2D eigenvalue weighted by Gasteiger charge is -2.19. The van der Waals surface area contributed by atoms with E-state index < -0.39 is 20.1 Å². The topological polar surface area (TPSA) is 113 Å².